The van der Waals surface area contributed by atoms with E-state index in [1.54, 1.807) is 4.90 Å². The van der Waals surface area contributed by atoms with Gasteiger partial charge in [0.2, 0.25) is 5.91 Å². The lowest BCUT2D eigenvalue weighted by atomic mass is 9.97. The third-order valence-corrected chi connectivity index (χ3v) is 3.82. The van der Waals surface area contributed by atoms with Crippen molar-refractivity contribution < 1.29 is 14.4 Å². The van der Waals surface area contributed by atoms with Crippen LogP contribution in [0, 0.1) is 0 Å². The summed E-state index contributed by atoms with van der Waals surface area (Å²) in [7, 11) is 0. The molecule has 1 aromatic rings. The van der Waals surface area contributed by atoms with Gasteiger partial charge in [-0.1, -0.05) is 0 Å². The summed E-state index contributed by atoms with van der Waals surface area (Å²) >= 11 is 0. The van der Waals surface area contributed by atoms with Gasteiger partial charge in [-0.3, -0.25) is 19.6 Å². The Morgan fingerprint density at radius 3 is 2.95 bits per heavy atom. The monoisotopic (exact) mass is 292 g/mol. The molecule has 2 fully saturated rings. The predicted molar refractivity (Wildman–Crippen MR) is 70.0 cm³/mol. The molecule has 2 N–H and O–H groups in total. The summed E-state index contributed by atoms with van der Waals surface area (Å²) in [4.78, 5) is 42.0. The number of imide groups is 1. The van der Waals surface area contributed by atoms with Crippen LogP contribution in [0.2, 0.25) is 0 Å². The second-order valence-corrected chi connectivity index (χ2v) is 5.19. The van der Waals surface area contributed by atoms with Gasteiger partial charge in [0.15, 0.2) is 0 Å². The quantitative estimate of drug-likeness (QED) is 0.699. The predicted octanol–water partition coefficient (Wildman–Crippen LogP) is -0.937. The Balaban J connectivity index is 1.62. The fourth-order valence-electron chi connectivity index (χ4n) is 2.69. The molecule has 2 aliphatic rings. The first-order valence-corrected chi connectivity index (χ1v) is 6.86. The van der Waals surface area contributed by atoms with E-state index in [2.05, 4.69) is 20.5 Å². The molecule has 0 bridgehead atoms. The number of H-pyrrole nitrogens is 1. The fourth-order valence-corrected chi connectivity index (χ4v) is 2.69. The van der Waals surface area contributed by atoms with E-state index in [-0.39, 0.29) is 30.8 Å². The number of carbonyl (C=O) groups excluding carboxylic acids is 3. The smallest absolute Gasteiger partial charge is 0.325 e. The molecule has 0 aliphatic carbocycles. The van der Waals surface area contributed by atoms with Crippen LogP contribution in [0.25, 0.3) is 0 Å². The molecule has 112 valence electrons. The van der Waals surface area contributed by atoms with E-state index in [4.69, 9.17) is 0 Å². The first-order valence-electron chi connectivity index (χ1n) is 6.86. The zero-order chi connectivity index (χ0) is 14.8. The molecule has 3 rings (SSSR count). The minimum atomic E-state index is -0.503. The normalized spacial score (nSPS) is 22.6. The first-order chi connectivity index (χ1) is 10.1. The van der Waals surface area contributed by atoms with Crippen LogP contribution in [0.4, 0.5) is 4.79 Å². The van der Waals surface area contributed by atoms with Gasteiger partial charge in [-0.25, -0.2) is 9.78 Å². The van der Waals surface area contributed by atoms with Crippen LogP contribution in [0.3, 0.4) is 0 Å². The number of hydrogen-bond donors (Lipinski definition) is 2. The second kappa shape index (κ2) is 5.51. The van der Waals surface area contributed by atoms with Gasteiger partial charge in [0.25, 0.3) is 5.91 Å². The Bertz CT molecular complexity index is 541. The summed E-state index contributed by atoms with van der Waals surface area (Å²) in [5.41, 5.74) is 0. The lowest BCUT2D eigenvalue weighted by molar-refractivity contribution is -0.137. The van der Waals surface area contributed by atoms with Crippen LogP contribution in [0.5, 0.6) is 0 Å². The molecule has 21 heavy (non-hydrogen) atoms. The number of likely N-dealkylation sites (tertiary alicyclic amines) is 1. The molecule has 3 heterocycles. The molecule has 0 saturated carbocycles. The molecular formula is C12H16N6O3. The molecule has 1 aromatic heterocycles. The Kier molecular flexibility index (Phi) is 3.55. The summed E-state index contributed by atoms with van der Waals surface area (Å²) in [5, 5.41) is 9.05. The topological polar surface area (TPSA) is 111 Å². The van der Waals surface area contributed by atoms with Crippen LogP contribution in [-0.2, 0) is 9.59 Å². The number of carbonyl (C=O) groups is 3. The van der Waals surface area contributed by atoms with Crippen LogP contribution >= 0.6 is 0 Å². The maximum Gasteiger partial charge on any atom is 0.325 e. The lowest BCUT2D eigenvalue weighted by Crippen LogP contribution is -2.46. The maximum atomic E-state index is 12.3. The Morgan fingerprint density at radius 2 is 2.29 bits per heavy atom. The number of hydrogen-bond acceptors (Lipinski definition) is 5. The van der Waals surface area contributed by atoms with Crippen molar-refractivity contribution in [3.63, 3.8) is 0 Å². The molecule has 0 radical (unpaired) electrons. The van der Waals surface area contributed by atoms with Crippen LogP contribution in [-0.4, -0.2) is 69.0 Å². The minimum Gasteiger partial charge on any atom is -0.340 e. The summed E-state index contributed by atoms with van der Waals surface area (Å²) in [6, 6.07) is -0.503. The van der Waals surface area contributed by atoms with Crippen molar-refractivity contribution >= 4 is 17.8 Å². The average Bonchev–Trinajstić information content (AvgIpc) is 3.13. The lowest BCUT2D eigenvalue weighted by Gasteiger charge is -2.32. The Labute approximate surface area is 120 Å². The van der Waals surface area contributed by atoms with Gasteiger partial charge in [0.1, 0.15) is 18.7 Å². The highest BCUT2D eigenvalue weighted by Gasteiger charge is 2.33. The number of rotatable bonds is 3. The number of piperidine rings is 1. The molecule has 9 nitrogen and oxygen atoms in total. The maximum absolute atomic E-state index is 12.3. The van der Waals surface area contributed by atoms with Gasteiger partial charge >= 0.3 is 6.03 Å². The largest absolute Gasteiger partial charge is 0.340 e. The number of urea groups is 1. The van der Waals surface area contributed by atoms with E-state index in [0.717, 1.165) is 23.6 Å². The van der Waals surface area contributed by atoms with Crippen LogP contribution in [0.1, 0.15) is 24.6 Å². The minimum absolute atomic E-state index is 0.0349. The molecular weight excluding hydrogens is 276 g/mol. The van der Waals surface area contributed by atoms with Crippen LogP contribution in [0.15, 0.2) is 6.33 Å². The molecule has 2 saturated heterocycles. The van der Waals surface area contributed by atoms with Gasteiger partial charge in [-0.15, -0.1) is 0 Å². The number of nitrogens with one attached hydrogen (secondary N) is 2. The van der Waals surface area contributed by atoms with Crippen molar-refractivity contribution in [1.82, 2.24) is 30.3 Å². The van der Waals surface area contributed by atoms with Crippen molar-refractivity contribution in [3.8, 4) is 0 Å². The van der Waals surface area contributed by atoms with Crippen molar-refractivity contribution in [1.29, 1.82) is 0 Å². The average molecular weight is 292 g/mol. The zero-order valence-electron chi connectivity index (χ0n) is 11.4. The van der Waals surface area contributed by atoms with Crippen LogP contribution < -0.4 is 5.32 Å². The summed E-state index contributed by atoms with van der Waals surface area (Å²) in [5.74, 6) is 0.303. The first kappa shape index (κ1) is 13.5. The van der Waals surface area contributed by atoms with Gasteiger partial charge in [-0.2, -0.15) is 5.10 Å². The van der Waals surface area contributed by atoms with E-state index in [1.165, 1.54) is 6.33 Å². The third-order valence-electron chi connectivity index (χ3n) is 3.82. The Morgan fingerprint density at radius 1 is 1.43 bits per heavy atom. The number of nitrogens with zero attached hydrogens (tertiary/aromatic N) is 4. The molecule has 1 unspecified atom stereocenters. The Hall–Kier alpha value is -2.45. The van der Waals surface area contributed by atoms with E-state index in [0.29, 0.717) is 13.1 Å². The highest BCUT2D eigenvalue weighted by molar-refractivity contribution is 6.04. The van der Waals surface area contributed by atoms with Gasteiger partial charge in [0, 0.05) is 19.0 Å². The zero-order valence-corrected chi connectivity index (χ0v) is 11.4. The van der Waals surface area contributed by atoms with E-state index in [1.807, 2.05) is 0 Å². The number of aromatic amines is 1. The van der Waals surface area contributed by atoms with Gasteiger partial charge in [-0.05, 0) is 12.8 Å². The summed E-state index contributed by atoms with van der Waals surface area (Å²) < 4.78 is 0. The number of aromatic nitrogens is 3. The van der Waals surface area contributed by atoms with Crippen molar-refractivity contribution in [3.05, 3.63) is 12.2 Å². The standard InChI is InChI=1S/C12H16N6O3/c19-9-4-13-12(21)18(9)6-10(20)17-3-1-2-8(5-17)11-14-7-15-16-11/h7-8H,1-6H2,(H,13,21)(H,14,15,16). The molecule has 9 heteroatoms. The molecule has 0 aromatic carbocycles. The highest BCUT2D eigenvalue weighted by Crippen LogP contribution is 2.24. The third kappa shape index (κ3) is 2.71. The summed E-state index contributed by atoms with van der Waals surface area (Å²) in [6.45, 7) is 0.922. The van der Waals surface area contributed by atoms with E-state index < -0.39 is 6.03 Å². The van der Waals surface area contributed by atoms with Crippen molar-refractivity contribution in [2.75, 3.05) is 26.2 Å². The number of amides is 4. The SMILES string of the molecule is O=C(CN1C(=O)CNC1=O)N1CCCC(c2ncn[nH]2)C1. The van der Waals surface area contributed by atoms with Crippen molar-refractivity contribution in [2.45, 2.75) is 18.8 Å². The molecule has 4 amide bonds. The van der Waals surface area contributed by atoms with Gasteiger partial charge < -0.3 is 10.2 Å². The molecule has 0 spiro atoms. The summed E-state index contributed by atoms with van der Waals surface area (Å²) in [6.07, 6.45) is 3.24. The van der Waals surface area contributed by atoms with E-state index >= 15 is 0 Å². The molecule has 1 atom stereocenters. The highest BCUT2D eigenvalue weighted by atomic mass is 16.2. The van der Waals surface area contributed by atoms with Crippen molar-refractivity contribution in [2.24, 2.45) is 0 Å². The van der Waals surface area contributed by atoms with Gasteiger partial charge in [0.05, 0.1) is 6.54 Å². The fraction of sp³-hybridized carbons (Fsp3) is 0.583. The molecule has 2 aliphatic heterocycles. The van der Waals surface area contributed by atoms with E-state index in [9.17, 15) is 14.4 Å². The second-order valence-electron chi connectivity index (χ2n) is 5.19.